The number of ketones is 1. The molecule has 17 nitrogen and oxygen atoms in total. The van der Waals surface area contributed by atoms with Crippen molar-refractivity contribution in [2.24, 2.45) is 52.3 Å². The van der Waals surface area contributed by atoms with Crippen LogP contribution in [-0.4, -0.2) is 123 Å². The van der Waals surface area contributed by atoms with Crippen LogP contribution in [0.1, 0.15) is 214 Å². The Morgan fingerprint density at radius 1 is 0.705 bits per heavy atom. The Bertz CT molecular complexity index is 2380. The molecule has 3 N–H and O–H groups in total. The maximum absolute atomic E-state index is 11.2. The zero-order valence-corrected chi connectivity index (χ0v) is 58.1. The number of para-hydroxylation sites is 1. The number of aliphatic carboxylic acids is 1. The number of cyclic esters (lactones) is 3. The molecule has 2 aromatic rings. The van der Waals surface area contributed by atoms with Gasteiger partial charge in [0, 0.05) is 85.2 Å². The SMILES string of the molecule is CC(=O)O.CC(=O)OC(C)=O.CC(CO)CO.CC1=CCC=C1.CC1CC(=O)C1(C)C.CC1CC(=O)OC(=O)C1.CC1CC(=O)Oc2ccccc21.CC1CCC(C)(C)CC1.CC1CCC(C)C1C.CN(C)C.COC.Cc1ccc2c(c1)CCOC2=O. The third-order valence-corrected chi connectivity index (χ3v) is 15.3. The van der Waals surface area contributed by atoms with Crippen molar-refractivity contribution in [3.05, 3.63) is 88.5 Å². The number of carbonyl (C=O) groups excluding carboxylic acids is 7. The number of allylic oxidation sites excluding steroid dienone is 4. The van der Waals surface area contributed by atoms with E-state index in [1.807, 2.05) is 97.1 Å². The molecule has 0 amide bonds. The summed E-state index contributed by atoms with van der Waals surface area (Å²) in [6.07, 6.45) is 19.3. The van der Waals surface area contributed by atoms with Gasteiger partial charge in [0.05, 0.1) is 18.6 Å². The molecule has 0 radical (unpaired) electrons. The molecule has 3 aliphatic heterocycles. The van der Waals surface area contributed by atoms with Gasteiger partial charge < -0.3 is 43.9 Å². The first-order chi connectivity index (χ1) is 40.8. The first kappa shape index (κ1) is 86.3. The molecule has 0 spiro atoms. The summed E-state index contributed by atoms with van der Waals surface area (Å²) in [7, 11) is 9.25. The van der Waals surface area contributed by atoms with Crippen molar-refractivity contribution in [2.75, 3.05) is 55.2 Å². The molecule has 4 aliphatic carbocycles. The first-order valence-corrected chi connectivity index (χ1v) is 31.1. The van der Waals surface area contributed by atoms with Crippen LogP contribution >= 0.6 is 0 Å². The minimum Gasteiger partial charge on any atom is -0.481 e. The average molecular weight is 1240 g/mol. The minimum atomic E-state index is -0.833. The van der Waals surface area contributed by atoms with E-state index < -0.39 is 29.8 Å². The maximum Gasteiger partial charge on any atom is 0.338 e. The van der Waals surface area contributed by atoms with Gasteiger partial charge in [-0.2, -0.15) is 0 Å². The molecule has 3 heterocycles. The zero-order chi connectivity index (χ0) is 68.5. The maximum atomic E-state index is 11.2. The van der Waals surface area contributed by atoms with Gasteiger partial charge in [0.25, 0.3) is 5.97 Å². The third-order valence-electron chi connectivity index (χ3n) is 15.3. The quantitative estimate of drug-likeness (QED) is 0.109. The Balaban J connectivity index is -0.000000912. The van der Waals surface area contributed by atoms with Crippen molar-refractivity contribution in [3.63, 3.8) is 0 Å². The van der Waals surface area contributed by atoms with Gasteiger partial charge in [0.1, 0.15) is 11.5 Å². The normalized spacial score (nSPS) is 21.0. The molecule has 3 saturated carbocycles. The van der Waals surface area contributed by atoms with E-state index in [4.69, 9.17) is 29.6 Å². The first-order valence-electron chi connectivity index (χ1n) is 31.1. The molecule has 2 aromatic carbocycles. The topological polar surface area (TPSA) is 247 Å². The fourth-order valence-corrected chi connectivity index (χ4v) is 8.75. The molecule has 0 aromatic heterocycles. The lowest BCUT2D eigenvalue weighted by atomic mass is 9.62. The summed E-state index contributed by atoms with van der Waals surface area (Å²) in [6, 6.07) is 13.5. The highest BCUT2D eigenvalue weighted by Crippen LogP contribution is 2.42. The van der Waals surface area contributed by atoms with Crippen LogP contribution in [0.5, 0.6) is 5.75 Å². The van der Waals surface area contributed by atoms with Gasteiger partial charge in [-0.15, -0.1) is 0 Å². The molecule has 88 heavy (non-hydrogen) atoms. The summed E-state index contributed by atoms with van der Waals surface area (Å²) < 4.78 is 22.5. The van der Waals surface area contributed by atoms with Crippen LogP contribution in [-0.2, 0) is 58.9 Å². The Labute approximate surface area is 530 Å². The van der Waals surface area contributed by atoms with Crippen molar-refractivity contribution in [1.82, 2.24) is 4.90 Å². The number of hydrogen-bond donors (Lipinski definition) is 3. The van der Waals surface area contributed by atoms with E-state index in [2.05, 4.69) is 93.9 Å². The number of carboxylic acid groups (broad SMARTS) is 1. The van der Waals surface area contributed by atoms with E-state index in [9.17, 15) is 33.6 Å². The number of aliphatic hydroxyl groups excluding tert-OH is 2. The lowest BCUT2D eigenvalue weighted by molar-refractivity contribution is -0.165. The second kappa shape index (κ2) is 47.1. The number of hydrogen-bond acceptors (Lipinski definition) is 16. The second-order valence-electron chi connectivity index (χ2n) is 25.9. The van der Waals surface area contributed by atoms with Gasteiger partial charge in [0.15, 0.2) is 0 Å². The van der Waals surface area contributed by atoms with Gasteiger partial charge in [-0.05, 0) is 124 Å². The van der Waals surface area contributed by atoms with Crippen LogP contribution in [0.15, 0.2) is 66.3 Å². The molecule has 1 saturated heterocycles. The van der Waals surface area contributed by atoms with E-state index in [1.54, 1.807) is 21.1 Å². The van der Waals surface area contributed by atoms with Crippen molar-refractivity contribution in [2.45, 2.75) is 201 Å². The predicted octanol–water partition coefficient (Wildman–Crippen LogP) is 14.0. The number of ether oxygens (including phenoxy) is 5. The highest BCUT2D eigenvalue weighted by atomic mass is 16.6. The number of rotatable bonds is 2. The van der Waals surface area contributed by atoms with E-state index in [-0.39, 0.29) is 42.4 Å². The summed E-state index contributed by atoms with van der Waals surface area (Å²) in [5.74, 6) is 3.17. The van der Waals surface area contributed by atoms with Crippen LogP contribution in [0, 0.1) is 59.2 Å². The summed E-state index contributed by atoms with van der Waals surface area (Å²) >= 11 is 0. The fraction of sp³-hybridized carbons (Fsp3) is 0.662. The van der Waals surface area contributed by atoms with Crippen molar-refractivity contribution in [1.29, 1.82) is 0 Å². The molecule has 7 aliphatic rings. The number of fused-ring (bicyclic) bond motifs is 2. The third kappa shape index (κ3) is 42.9. The zero-order valence-electron chi connectivity index (χ0n) is 58.1. The van der Waals surface area contributed by atoms with Crippen LogP contribution in [0.25, 0.3) is 0 Å². The molecular weight excluding hydrogens is 1120 g/mol. The molecule has 4 unspecified atom stereocenters. The fourth-order valence-electron chi connectivity index (χ4n) is 8.75. The molecular formula is C71H117NO16. The van der Waals surface area contributed by atoms with Gasteiger partial charge in [-0.3, -0.25) is 33.6 Å². The molecule has 502 valence electrons. The summed E-state index contributed by atoms with van der Waals surface area (Å²) in [4.78, 5) is 84.5. The number of methoxy groups -OCH3 is 1. The number of nitrogens with zero attached hydrogens (tertiary/aromatic N) is 1. The van der Waals surface area contributed by atoms with E-state index in [0.717, 1.165) is 72.3 Å². The molecule has 4 fully saturated rings. The Hall–Kier alpha value is -5.88. The number of Topliss-reactive ketones (excluding diaryl/α,β-unsaturated/α-hetero) is 1. The molecule has 9 rings (SSSR count). The van der Waals surface area contributed by atoms with E-state index in [1.165, 1.54) is 63.5 Å². The Kier molecular flexibility index (Phi) is 46.2. The standard InChI is InChI=1S/2C10H10O2.C9H18.C8H16.C7H12O.C6H8O3.C6H8.C4H6O3.C4H10O2.C3H9N.C2H4O2.C2H6O/c1-7-2-3-9-8(6-7)4-5-12-10(9)11;1-7-6-10(11)12-9-5-3-2-4-8(7)9;1-8-4-6-9(2,3)7-5-8;1-6-4-5-7(2)8(6)3;1-5-4-6(8)7(5,2)3;1-4-2-5(7)9-6(8)3-4;1-6-4-2-3-5-6;1-3(5)7-4(2)6;1-4(2-5)3-6;1-4(2)3;1-2(3)4;1-3-2/h2-3,6H,4-5H2,1H3;2-5,7H,6H2,1H3;8H,4-7H2,1-3H3;6-8H,4-5H2,1-3H3;5H,4H2,1-3H3;4H,2-3H2,1H3;2,4-5H,3H2,1H3;1-2H3;4-6H,2-3H2,1H3;1-3H3;1H3,(H,3,4);1-2H3. The monoisotopic (exact) mass is 1240 g/mol. The lowest BCUT2D eigenvalue weighted by Gasteiger charge is -2.40. The Morgan fingerprint density at radius 2 is 1.18 bits per heavy atom. The highest BCUT2D eigenvalue weighted by Gasteiger charge is 2.43. The van der Waals surface area contributed by atoms with Gasteiger partial charge in [0.2, 0.25) is 0 Å². The Morgan fingerprint density at radius 3 is 1.50 bits per heavy atom. The molecule has 4 atom stereocenters. The minimum absolute atomic E-state index is 0. The number of aryl methyl sites for hydroxylation is 1. The number of aliphatic hydroxyl groups is 2. The predicted molar refractivity (Wildman–Crippen MR) is 350 cm³/mol. The number of carboxylic acids is 1. The van der Waals surface area contributed by atoms with Crippen LogP contribution in [0.4, 0.5) is 0 Å². The second-order valence-corrected chi connectivity index (χ2v) is 25.9. The van der Waals surface area contributed by atoms with Crippen molar-refractivity contribution >= 4 is 47.6 Å². The summed E-state index contributed by atoms with van der Waals surface area (Å²) in [6.45, 7) is 34.4. The number of benzene rings is 2. The smallest absolute Gasteiger partial charge is 0.338 e. The molecule has 17 heteroatoms. The van der Waals surface area contributed by atoms with Gasteiger partial charge >= 0.3 is 35.8 Å². The summed E-state index contributed by atoms with van der Waals surface area (Å²) in [5.41, 5.74) is 6.24. The van der Waals surface area contributed by atoms with E-state index >= 15 is 0 Å². The average Bonchev–Trinajstić information content (AvgIpc) is 3.81. The van der Waals surface area contributed by atoms with Crippen molar-refractivity contribution < 1.29 is 77.4 Å². The summed E-state index contributed by atoms with van der Waals surface area (Å²) in [5, 5.41) is 23.8. The van der Waals surface area contributed by atoms with Gasteiger partial charge in [-0.25, -0.2) is 4.79 Å². The van der Waals surface area contributed by atoms with Gasteiger partial charge in [-0.1, -0.05) is 168 Å². The highest BCUT2D eigenvalue weighted by molar-refractivity contribution is 5.92. The van der Waals surface area contributed by atoms with E-state index in [0.29, 0.717) is 48.9 Å². The largest absolute Gasteiger partial charge is 0.481 e. The lowest BCUT2D eigenvalue weighted by Crippen LogP contribution is -2.43. The van der Waals surface area contributed by atoms with Crippen LogP contribution in [0.3, 0.4) is 0 Å². The number of carbonyl (C=O) groups is 8. The van der Waals surface area contributed by atoms with Crippen LogP contribution in [0.2, 0.25) is 0 Å². The number of esters is 6. The van der Waals surface area contributed by atoms with Crippen molar-refractivity contribution in [3.8, 4) is 5.75 Å². The molecule has 0 bridgehead atoms. The van der Waals surface area contributed by atoms with Crippen LogP contribution < -0.4 is 4.74 Å².